The molecule has 0 amide bonds. The quantitative estimate of drug-likeness (QED) is 0.836. The van der Waals surface area contributed by atoms with E-state index >= 15 is 0 Å². The van der Waals surface area contributed by atoms with Crippen LogP contribution in [0.3, 0.4) is 0 Å². The summed E-state index contributed by atoms with van der Waals surface area (Å²) >= 11 is 0. The SMILES string of the molecule is CCCc1cccc(C(NC)C(F)(F)F)c1. The second-order valence-electron chi connectivity index (χ2n) is 3.76. The summed E-state index contributed by atoms with van der Waals surface area (Å²) in [5, 5.41) is 2.30. The van der Waals surface area contributed by atoms with E-state index in [-0.39, 0.29) is 5.56 Å². The van der Waals surface area contributed by atoms with Gasteiger partial charge in [-0.1, -0.05) is 37.6 Å². The number of rotatable bonds is 4. The molecule has 0 aromatic heterocycles. The number of hydrogen-bond donors (Lipinski definition) is 1. The van der Waals surface area contributed by atoms with E-state index in [1.165, 1.54) is 13.1 Å². The van der Waals surface area contributed by atoms with Crippen molar-refractivity contribution in [2.75, 3.05) is 7.05 Å². The van der Waals surface area contributed by atoms with E-state index in [4.69, 9.17) is 0 Å². The molecule has 1 atom stereocenters. The standard InChI is InChI=1S/C12H16F3N/c1-3-5-9-6-4-7-10(8-9)11(16-2)12(13,14)15/h4,6-8,11,16H,3,5H2,1-2H3. The normalized spacial score (nSPS) is 13.8. The van der Waals surface area contributed by atoms with Crippen molar-refractivity contribution in [2.45, 2.75) is 32.0 Å². The fraction of sp³-hybridized carbons (Fsp3) is 0.500. The van der Waals surface area contributed by atoms with Crippen LogP contribution in [0.1, 0.15) is 30.5 Å². The number of aryl methyl sites for hydroxylation is 1. The van der Waals surface area contributed by atoms with Gasteiger partial charge in [0.05, 0.1) is 0 Å². The fourth-order valence-corrected chi connectivity index (χ4v) is 1.74. The van der Waals surface area contributed by atoms with Gasteiger partial charge in [-0.2, -0.15) is 13.2 Å². The Kier molecular flexibility index (Phi) is 4.35. The zero-order chi connectivity index (χ0) is 12.2. The molecule has 0 aliphatic rings. The van der Waals surface area contributed by atoms with Crippen molar-refractivity contribution in [1.29, 1.82) is 0 Å². The first-order valence-electron chi connectivity index (χ1n) is 5.31. The molecular weight excluding hydrogens is 215 g/mol. The fourth-order valence-electron chi connectivity index (χ4n) is 1.74. The third kappa shape index (κ3) is 3.23. The van der Waals surface area contributed by atoms with Crippen LogP contribution in [-0.4, -0.2) is 13.2 Å². The lowest BCUT2D eigenvalue weighted by atomic mass is 10.0. The second-order valence-corrected chi connectivity index (χ2v) is 3.76. The second kappa shape index (κ2) is 5.34. The molecule has 0 saturated heterocycles. The van der Waals surface area contributed by atoms with Gasteiger partial charge in [-0.3, -0.25) is 0 Å². The smallest absolute Gasteiger partial charge is 0.306 e. The van der Waals surface area contributed by atoms with Gasteiger partial charge in [0.1, 0.15) is 6.04 Å². The Bertz CT molecular complexity index is 333. The summed E-state index contributed by atoms with van der Waals surface area (Å²) in [6.45, 7) is 2.01. The predicted octanol–water partition coefficient (Wildman–Crippen LogP) is 3.46. The molecule has 1 aromatic rings. The van der Waals surface area contributed by atoms with Crippen molar-refractivity contribution >= 4 is 0 Å². The first kappa shape index (κ1) is 13.0. The highest BCUT2D eigenvalue weighted by molar-refractivity contribution is 5.27. The molecule has 0 aliphatic heterocycles. The summed E-state index contributed by atoms with van der Waals surface area (Å²) in [5.41, 5.74) is 1.23. The van der Waals surface area contributed by atoms with Crippen molar-refractivity contribution in [3.63, 3.8) is 0 Å². The van der Waals surface area contributed by atoms with Gasteiger partial charge in [0, 0.05) is 0 Å². The van der Waals surface area contributed by atoms with E-state index in [0.29, 0.717) is 0 Å². The minimum Gasteiger partial charge on any atom is -0.306 e. The Hall–Kier alpha value is -1.03. The average molecular weight is 231 g/mol. The van der Waals surface area contributed by atoms with Crippen molar-refractivity contribution in [3.05, 3.63) is 35.4 Å². The number of alkyl halides is 3. The zero-order valence-corrected chi connectivity index (χ0v) is 9.43. The molecule has 1 unspecified atom stereocenters. The monoisotopic (exact) mass is 231 g/mol. The molecule has 1 rings (SSSR count). The molecule has 16 heavy (non-hydrogen) atoms. The first-order valence-corrected chi connectivity index (χ1v) is 5.31. The van der Waals surface area contributed by atoms with Crippen LogP contribution in [0.15, 0.2) is 24.3 Å². The van der Waals surface area contributed by atoms with E-state index in [0.717, 1.165) is 18.4 Å². The molecule has 1 N–H and O–H groups in total. The summed E-state index contributed by atoms with van der Waals surface area (Å²) in [6, 6.07) is 5.09. The van der Waals surface area contributed by atoms with Gasteiger partial charge in [-0.15, -0.1) is 0 Å². The van der Waals surface area contributed by atoms with E-state index in [9.17, 15) is 13.2 Å². The maximum Gasteiger partial charge on any atom is 0.407 e. The van der Waals surface area contributed by atoms with Crippen LogP contribution in [0.2, 0.25) is 0 Å². The molecule has 90 valence electrons. The number of halogens is 3. The predicted molar refractivity (Wildman–Crippen MR) is 58.3 cm³/mol. The molecule has 0 radical (unpaired) electrons. The lowest BCUT2D eigenvalue weighted by Crippen LogP contribution is -2.31. The molecule has 0 aliphatic carbocycles. The summed E-state index contributed by atoms with van der Waals surface area (Å²) < 4.78 is 38.0. The Balaban J connectivity index is 2.97. The number of nitrogens with one attached hydrogen (secondary N) is 1. The van der Waals surface area contributed by atoms with Crippen LogP contribution in [0.25, 0.3) is 0 Å². The molecule has 0 saturated carbocycles. The van der Waals surface area contributed by atoms with Crippen LogP contribution >= 0.6 is 0 Å². The molecule has 1 aromatic carbocycles. The Morgan fingerprint density at radius 2 is 2.00 bits per heavy atom. The highest BCUT2D eigenvalue weighted by atomic mass is 19.4. The van der Waals surface area contributed by atoms with Gasteiger partial charge in [0.15, 0.2) is 0 Å². The van der Waals surface area contributed by atoms with Crippen LogP contribution in [0, 0.1) is 0 Å². The molecule has 1 nitrogen and oxygen atoms in total. The van der Waals surface area contributed by atoms with Crippen molar-refractivity contribution in [1.82, 2.24) is 5.32 Å². The highest BCUT2D eigenvalue weighted by Crippen LogP contribution is 2.32. The lowest BCUT2D eigenvalue weighted by Gasteiger charge is -2.20. The van der Waals surface area contributed by atoms with Gasteiger partial charge < -0.3 is 5.32 Å². The topological polar surface area (TPSA) is 12.0 Å². The Labute approximate surface area is 93.7 Å². The van der Waals surface area contributed by atoms with Gasteiger partial charge in [-0.05, 0) is 24.6 Å². The minimum atomic E-state index is -4.25. The van der Waals surface area contributed by atoms with E-state index in [1.807, 2.05) is 13.0 Å². The largest absolute Gasteiger partial charge is 0.407 e. The number of hydrogen-bond acceptors (Lipinski definition) is 1. The number of benzene rings is 1. The van der Waals surface area contributed by atoms with Crippen LogP contribution in [0.5, 0.6) is 0 Å². The third-order valence-corrected chi connectivity index (χ3v) is 2.44. The Morgan fingerprint density at radius 3 is 2.50 bits per heavy atom. The molecule has 0 fully saturated rings. The van der Waals surface area contributed by atoms with Crippen molar-refractivity contribution in [3.8, 4) is 0 Å². The van der Waals surface area contributed by atoms with E-state index in [2.05, 4.69) is 5.32 Å². The Morgan fingerprint density at radius 1 is 1.31 bits per heavy atom. The van der Waals surface area contributed by atoms with Crippen LogP contribution in [-0.2, 0) is 6.42 Å². The lowest BCUT2D eigenvalue weighted by molar-refractivity contribution is -0.156. The van der Waals surface area contributed by atoms with Gasteiger partial charge >= 0.3 is 6.18 Å². The molecule has 4 heteroatoms. The van der Waals surface area contributed by atoms with Crippen LogP contribution in [0.4, 0.5) is 13.2 Å². The summed E-state index contributed by atoms with van der Waals surface area (Å²) in [6.07, 6.45) is -2.51. The molecule has 0 bridgehead atoms. The van der Waals surface area contributed by atoms with Gasteiger partial charge in [0.2, 0.25) is 0 Å². The minimum absolute atomic E-state index is 0.279. The van der Waals surface area contributed by atoms with Gasteiger partial charge in [0.25, 0.3) is 0 Å². The summed E-state index contributed by atoms with van der Waals surface area (Å²) in [5.74, 6) is 0. The average Bonchev–Trinajstić information content (AvgIpc) is 2.17. The third-order valence-electron chi connectivity index (χ3n) is 2.44. The molecular formula is C12H16F3N. The van der Waals surface area contributed by atoms with Crippen molar-refractivity contribution in [2.24, 2.45) is 0 Å². The summed E-state index contributed by atoms with van der Waals surface area (Å²) in [7, 11) is 1.32. The van der Waals surface area contributed by atoms with Crippen molar-refractivity contribution < 1.29 is 13.2 Å². The van der Waals surface area contributed by atoms with Crippen LogP contribution < -0.4 is 5.32 Å². The van der Waals surface area contributed by atoms with E-state index < -0.39 is 12.2 Å². The molecule has 0 heterocycles. The van der Waals surface area contributed by atoms with Gasteiger partial charge in [-0.25, -0.2) is 0 Å². The maximum atomic E-state index is 12.7. The van der Waals surface area contributed by atoms with E-state index in [1.54, 1.807) is 12.1 Å². The highest BCUT2D eigenvalue weighted by Gasteiger charge is 2.39. The zero-order valence-electron chi connectivity index (χ0n) is 9.43. The maximum absolute atomic E-state index is 12.7. The molecule has 0 spiro atoms. The summed E-state index contributed by atoms with van der Waals surface area (Å²) in [4.78, 5) is 0. The first-order chi connectivity index (χ1) is 7.49.